The summed E-state index contributed by atoms with van der Waals surface area (Å²) in [4.78, 5) is 2.42. The number of piperidine rings is 1. The maximum absolute atomic E-state index is 14.0. The molecule has 0 amide bonds. The summed E-state index contributed by atoms with van der Waals surface area (Å²) in [5.41, 5.74) is 0.752. The number of nitrogens with one attached hydrogen (secondary N) is 1. The minimum atomic E-state index is -0.187. The average Bonchev–Trinajstić information content (AvgIpc) is 2.77. The van der Waals surface area contributed by atoms with Crippen LogP contribution in [0, 0.1) is 5.82 Å². The van der Waals surface area contributed by atoms with Gasteiger partial charge in [-0.05, 0) is 44.4 Å². The minimum absolute atomic E-state index is 0.187. The quantitative estimate of drug-likeness (QED) is 0.913. The molecule has 0 spiro atoms. The van der Waals surface area contributed by atoms with Gasteiger partial charge in [-0.15, -0.1) is 0 Å². The molecule has 2 atom stereocenters. The predicted molar refractivity (Wildman–Crippen MR) is 80.5 cm³/mol. The smallest absolute Gasteiger partial charge is 0.129 e. The van der Waals surface area contributed by atoms with E-state index in [0.717, 1.165) is 12.1 Å². The fourth-order valence-corrected chi connectivity index (χ4v) is 3.85. The van der Waals surface area contributed by atoms with Crippen LogP contribution in [0.25, 0.3) is 0 Å². The summed E-state index contributed by atoms with van der Waals surface area (Å²) in [5.74, 6) is -0.187. The van der Waals surface area contributed by atoms with Gasteiger partial charge in [0.2, 0.25) is 0 Å². The summed E-state index contributed by atoms with van der Waals surface area (Å²) < 4.78 is 14.0. The Balaban J connectivity index is 1.70. The van der Waals surface area contributed by atoms with Crippen LogP contribution >= 0.6 is 11.6 Å². The molecule has 2 unspecified atom stereocenters. The second kappa shape index (κ2) is 6.00. The topological polar surface area (TPSA) is 15.3 Å². The number of hydrogen-bond donors (Lipinski definition) is 1. The highest BCUT2D eigenvalue weighted by molar-refractivity contribution is 6.30. The van der Waals surface area contributed by atoms with E-state index < -0.39 is 0 Å². The molecular formula is C16H22ClFN2. The Morgan fingerprint density at radius 2 is 2.00 bits per heavy atom. The van der Waals surface area contributed by atoms with E-state index in [2.05, 4.69) is 17.1 Å². The van der Waals surface area contributed by atoms with Gasteiger partial charge in [0, 0.05) is 35.3 Å². The molecule has 2 fully saturated rings. The lowest BCUT2D eigenvalue weighted by Gasteiger charge is -2.37. The number of rotatable bonds is 4. The van der Waals surface area contributed by atoms with Gasteiger partial charge >= 0.3 is 0 Å². The van der Waals surface area contributed by atoms with E-state index in [1.54, 1.807) is 6.07 Å². The molecule has 20 heavy (non-hydrogen) atoms. The first-order chi connectivity index (χ1) is 9.65. The number of nitrogens with zero attached hydrogens (tertiary/aromatic N) is 1. The normalized spacial score (nSPS) is 29.1. The molecule has 2 heterocycles. The number of fused-ring (bicyclic) bond motifs is 2. The molecule has 2 saturated heterocycles. The van der Waals surface area contributed by atoms with Crippen LogP contribution in [0.5, 0.6) is 0 Å². The molecule has 2 bridgehead atoms. The highest BCUT2D eigenvalue weighted by Crippen LogP contribution is 2.30. The van der Waals surface area contributed by atoms with Crippen LogP contribution in [-0.2, 0) is 6.54 Å². The van der Waals surface area contributed by atoms with Crippen molar-refractivity contribution in [1.29, 1.82) is 0 Å². The molecule has 0 radical (unpaired) electrons. The van der Waals surface area contributed by atoms with Crippen LogP contribution in [-0.4, -0.2) is 29.6 Å². The van der Waals surface area contributed by atoms with Gasteiger partial charge in [-0.25, -0.2) is 4.39 Å². The Kier molecular flexibility index (Phi) is 4.29. The van der Waals surface area contributed by atoms with Gasteiger partial charge < -0.3 is 5.32 Å². The van der Waals surface area contributed by atoms with Crippen LogP contribution in [0.1, 0.15) is 38.2 Å². The van der Waals surface area contributed by atoms with Gasteiger partial charge in [0.25, 0.3) is 0 Å². The number of halogens is 2. The molecule has 1 aromatic rings. The van der Waals surface area contributed by atoms with Crippen molar-refractivity contribution >= 4 is 11.6 Å². The van der Waals surface area contributed by atoms with E-state index in [1.807, 2.05) is 6.07 Å². The van der Waals surface area contributed by atoms with Gasteiger partial charge in [-0.3, -0.25) is 4.90 Å². The van der Waals surface area contributed by atoms with Crippen molar-refractivity contribution in [3.63, 3.8) is 0 Å². The first kappa shape index (κ1) is 14.3. The summed E-state index contributed by atoms with van der Waals surface area (Å²) in [6.07, 6.45) is 4.99. The molecule has 0 saturated carbocycles. The number of benzene rings is 1. The Morgan fingerprint density at radius 1 is 1.30 bits per heavy atom. The van der Waals surface area contributed by atoms with Gasteiger partial charge in [0.1, 0.15) is 5.82 Å². The van der Waals surface area contributed by atoms with Crippen molar-refractivity contribution in [2.75, 3.05) is 6.54 Å². The molecule has 4 heteroatoms. The van der Waals surface area contributed by atoms with Gasteiger partial charge in [-0.1, -0.05) is 24.6 Å². The van der Waals surface area contributed by atoms with Gasteiger partial charge in [0.15, 0.2) is 0 Å². The Labute approximate surface area is 125 Å². The molecule has 1 N–H and O–H groups in total. The zero-order valence-electron chi connectivity index (χ0n) is 11.9. The molecule has 110 valence electrons. The van der Waals surface area contributed by atoms with Gasteiger partial charge in [0.05, 0.1) is 0 Å². The van der Waals surface area contributed by atoms with Crippen LogP contribution in [0.2, 0.25) is 5.02 Å². The Hall–Kier alpha value is -0.640. The summed E-state index contributed by atoms with van der Waals surface area (Å²) in [6.45, 7) is 3.81. The minimum Gasteiger partial charge on any atom is -0.311 e. The maximum Gasteiger partial charge on any atom is 0.129 e. The summed E-state index contributed by atoms with van der Waals surface area (Å²) >= 11 is 5.82. The third-order valence-electron chi connectivity index (χ3n) is 4.76. The molecule has 1 aromatic carbocycles. The molecule has 0 aliphatic carbocycles. The van der Waals surface area contributed by atoms with Crippen molar-refractivity contribution in [1.82, 2.24) is 10.2 Å². The molecule has 2 nitrogen and oxygen atoms in total. The highest BCUT2D eigenvalue weighted by atomic mass is 35.5. The van der Waals surface area contributed by atoms with E-state index in [-0.39, 0.29) is 5.82 Å². The van der Waals surface area contributed by atoms with Gasteiger partial charge in [-0.2, -0.15) is 0 Å². The lowest BCUT2D eigenvalue weighted by Crippen LogP contribution is -2.48. The van der Waals surface area contributed by atoms with Crippen LogP contribution < -0.4 is 5.32 Å². The zero-order valence-corrected chi connectivity index (χ0v) is 12.7. The fraction of sp³-hybridized carbons (Fsp3) is 0.625. The van der Waals surface area contributed by atoms with Crippen molar-refractivity contribution in [2.45, 2.75) is 57.3 Å². The van der Waals surface area contributed by atoms with Crippen LogP contribution in [0.3, 0.4) is 0 Å². The average molecular weight is 297 g/mol. The zero-order chi connectivity index (χ0) is 14.1. The Morgan fingerprint density at radius 3 is 2.60 bits per heavy atom. The van der Waals surface area contributed by atoms with Crippen molar-refractivity contribution in [3.05, 3.63) is 34.6 Å². The van der Waals surface area contributed by atoms with E-state index in [4.69, 9.17) is 11.6 Å². The van der Waals surface area contributed by atoms with Crippen molar-refractivity contribution in [2.24, 2.45) is 0 Å². The second-order valence-corrected chi connectivity index (χ2v) is 6.50. The van der Waals surface area contributed by atoms with E-state index >= 15 is 0 Å². The lowest BCUT2D eigenvalue weighted by atomic mass is 9.97. The first-order valence-electron chi connectivity index (χ1n) is 7.59. The largest absolute Gasteiger partial charge is 0.311 e. The summed E-state index contributed by atoms with van der Waals surface area (Å²) in [6, 6.07) is 6.92. The monoisotopic (exact) mass is 296 g/mol. The Bertz CT molecular complexity index is 468. The maximum atomic E-state index is 14.0. The van der Waals surface area contributed by atoms with Crippen molar-refractivity contribution in [3.8, 4) is 0 Å². The van der Waals surface area contributed by atoms with E-state index in [9.17, 15) is 4.39 Å². The first-order valence-corrected chi connectivity index (χ1v) is 7.97. The molecule has 2 aliphatic heterocycles. The fourth-order valence-electron chi connectivity index (χ4n) is 3.69. The summed E-state index contributed by atoms with van der Waals surface area (Å²) in [5, 5.41) is 4.13. The predicted octanol–water partition coefficient (Wildman–Crippen LogP) is 3.58. The third kappa shape index (κ3) is 3.00. The van der Waals surface area contributed by atoms with Crippen LogP contribution in [0.15, 0.2) is 18.2 Å². The second-order valence-electron chi connectivity index (χ2n) is 6.06. The summed E-state index contributed by atoms with van der Waals surface area (Å²) in [7, 11) is 0. The molecule has 3 rings (SSSR count). The molecule has 0 aromatic heterocycles. The van der Waals surface area contributed by atoms with Crippen molar-refractivity contribution < 1.29 is 4.39 Å². The molecular weight excluding hydrogens is 275 g/mol. The third-order valence-corrected chi connectivity index (χ3v) is 4.99. The van der Waals surface area contributed by atoms with E-state index in [1.165, 1.54) is 31.7 Å². The van der Waals surface area contributed by atoms with Crippen LogP contribution in [0.4, 0.5) is 4.39 Å². The van der Waals surface area contributed by atoms with E-state index in [0.29, 0.717) is 29.7 Å². The lowest BCUT2D eigenvalue weighted by molar-refractivity contribution is 0.139. The molecule has 2 aliphatic rings. The SMILES string of the molecule is CCN(Cc1ccc(Cl)cc1F)C1CC2CCC(C1)N2. The number of hydrogen-bond acceptors (Lipinski definition) is 2. The highest BCUT2D eigenvalue weighted by Gasteiger charge is 2.35. The standard InChI is InChI=1S/C16H22ClFN2/c1-2-20(10-11-3-4-12(17)7-16(11)18)15-8-13-5-6-14(9-15)19-13/h3-4,7,13-15,19H,2,5-6,8-10H2,1H3.